The third-order valence-corrected chi connectivity index (χ3v) is 9.17. The topological polar surface area (TPSA) is 38.7 Å². The van der Waals surface area contributed by atoms with Gasteiger partial charge in [-0.05, 0) is 56.1 Å². The van der Waals surface area contributed by atoms with Gasteiger partial charge in [0.15, 0.2) is 11.6 Å². The minimum atomic E-state index is -0.405. The molecule has 7 aromatic rings. The van der Waals surface area contributed by atoms with Crippen molar-refractivity contribution in [2.75, 3.05) is 0 Å². The molecule has 0 N–H and O–H groups in total. The summed E-state index contributed by atoms with van der Waals surface area (Å²) in [5.41, 5.74) is 13.1. The van der Waals surface area contributed by atoms with Gasteiger partial charge in [0.05, 0.1) is 5.41 Å². The normalized spacial score (nSPS) is 13.3. The first kappa shape index (κ1) is 24.9. The summed E-state index contributed by atoms with van der Waals surface area (Å²) in [5.74, 6) is 2.14. The fraction of sp³-hybridized carbons (Fsp3) is 0.0488. The minimum Gasteiger partial charge on any atom is -0.213 e. The Morgan fingerprint density at radius 3 is 1.45 bits per heavy atom. The molecule has 206 valence electrons. The molecule has 2 aliphatic rings. The Morgan fingerprint density at radius 1 is 0.386 bits per heavy atom. The van der Waals surface area contributed by atoms with Gasteiger partial charge in [0.2, 0.25) is 0 Å². The predicted octanol–water partition coefficient (Wildman–Crippen LogP) is 9.14. The molecule has 1 aromatic heterocycles. The van der Waals surface area contributed by atoms with Crippen molar-refractivity contribution in [2.24, 2.45) is 0 Å². The summed E-state index contributed by atoms with van der Waals surface area (Å²) in [6, 6.07) is 54.1. The first-order chi connectivity index (χ1) is 21.8. The first-order valence-corrected chi connectivity index (χ1v) is 15.1. The zero-order chi connectivity index (χ0) is 29.1. The van der Waals surface area contributed by atoms with E-state index in [1.54, 1.807) is 0 Å². The smallest absolute Gasteiger partial charge is 0.163 e. The van der Waals surface area contributed by atoms with Gasteiger partial charge in [-0.2, -0.15) is 0 Å². The Bertz CT molecular complexity index is 2140. The van der Waals surface area contributed by atoms with E-state index in [4.69, 9.17) is 15.0 Å². The molecule has 0 unspecified atom stereocenters. The maximum atomic E-state index is 5.08. The first-order valence-electron chi connectivity index (χ1n) is 15.1. The van der Waals surface area contributed by atoms with Crippen molar-refractivity contribution in [3.63, 3.8) is 0 Å². The van der Waals surface area contributed by atoms with Crippen LogP contribution in [0.25, 0.3) is 45.0 Å². The Balaban J connectivity index is 1.29. The zero-order valence-corrected chi connectivity index (χ0v) is 24.0. The highest BCUT2D eigenvalue weighted by atomic mass is 15.0. The molecule has 44 heavy (non-hydrogen) atoms. The highest BCUT2D eigenvalue weighted by Crippen LogP contribution is 2.62. The van der Waals surface area contributed by atoms with E-state index in [-0.39, 0.29) is 0 Å². The molecule has 0 amide bonds. The van der Waals surface area contributed by atoms with Gasteiger partial charge in [0.1, 0.15) is 5.82 Å². The van der Waals surface area contributed by atoms with Gasteiger partial charge in [-0.15, -0.1) is 0 Å². The van der Waals surface area contributed by atoms with Crippen LogP contribution in [0.15, 0.2) is 152 Å². The van der Waals surface area contributed by atoms with Gasteiger partial charge in [0.25, 0.3) is 0 Å². The van der Waals surface area contributed by atoms with Gasteiger partial charge in [-0.3, -0.25) is 0 Å². The Labute approximate surface area is 256 Å². The molecule has 0 aliphatic heterocycles. The molecule has 0 saturated carbocycles. The van der Waals surface area contributed by atoms with Crippen LogP contribution in [0.1, 0.15) is 33.6 Å². The van der Waals surface area contributed by atoms with Crippen LogP contribution in [0.4, 0.5) is 0 Å². The average Bonchev–Trinajstić information content (AvgIpc) is 3.56. The lowest BCUT2D eigenvalue weighted by molar-refractivity contribution is 0.793. The van der Waals surface area contributed by atoms with Crippen molar-refractivity contribution >= 4 is 0 Å². The minimum absolute atomic E-state index is 0.405. The Hall–Kier alpha value is -5.67. The van der Waals surface area contributed by atoms with Crippen LogP contribution in [0.5, 0.6) is 0 Å². The van der Waals surface area contributed by atoms with E-state index in [9.17, 15) is 0 Å². The molecular weight excluding hydrogens is 534 g/mol. The summed E-state index contributed by atoms with van der Waals surface area (Å²) in [4.78, 5) is 15.1. The summed E-state index contributed by atoms with van der Waals surface area (Å²) < 4.78 is 0. The maximum absolute atomic E-state index is 5.08. The van der Waals surface area contributed by atoms with Crippen LogP contribution in [-0.4, -0.2) is 15.0 Å². The van der Waals surface area contributed by atoms with E-state index < -0.39 is 5.41 Å². The SMILES string of the molecule is c1ccc(Cc2nc(-c3ccccc3)nc(-c3ccc4c(c3)C3(c5ccccc5-c5ccccc53)c3ccccc3-4)n2)cc1. The fourth-order valence-corrected chi connectivity index (χ4v) is 7.36. The molecule has 0 fully saturated rings. The molecule has 9 rings (SSSR count). The molecule has 0 bridgehead atoms. The number of aromatic nitrogens is 3. The molecule has 0 atom stereocenters. The van der Waals surface area contributed by atoms with E-state index in [1.807, 2.05) is 24.3 Å². The second-order valence-corrected chi connectivity index (χ2v) is 11.6. The predicted molar refractivity (Wildman–Crippen MR) is 176 cm³/mol. The fourth-order valence-electron chi connectivity index (χ4n) is 7.36. The summed E-state index contributed by atoms with van der Waals surface area (Å²) in [6.45, 7) is 0. The third kappa shape index (κ3) is 3.59. The number of benzene rings is 6. The molecule has 3 nitrogen and oxygen atoms in total. The van der Waals surface area contributed by atoms with Crippen molar-refractivity contribution in [1.82, 2.24) is 15.0 Å². The quantitative estimate of drug-likeness (QED) is 0.215. The molecule has 1 spiro atoms. The molecule has 0 saturated heterocycles. The van der Waals surface area contributed by atoms with Crippen molar-refractivity contribution < 1.29 is 0 Å². The van der Waals surface area contributed by atoms with Gasteiger partial charge in [-0.1, -0.05) is 146 Å². The van der Waals surface area contributed by atoms with Crippen LogP contribution in [-0.2, 0) is 11.8 Å². The lowest BCUT2D eigenvalue weighted by atomic mass is 9.70. The van der Waals surface area contributed by atoms with Crippen molar-refractivity contribution in [3.05, 3.63) is 185 Å². The van der Waals surface area contributed by atoms with Crippen LogP contribution < -0.4 is 0 Å². The summed E-state index contributed by atoms with van der Waals surface area (Å²) in [5, 5.41) is 0. The molecule has 2 aliphatic carbocycles. The van der Waals surface area contributed by atoms with Crippen LogP contribution >= 0.6 is 0 Å². The van der Waals surface area contributed by atoms with Crippen LogP contribution in [0.2, 0.25) is 0 Å². The summed E-state index contributed by atoms with van der Waals surface area (Å²) in [6.07, 6.45) is 0.636. The molecule has 3 heteroatoms. The number of hydrogen-bond donors (Lipinski definition) is 0. The second-order valence-electron chi connectivity index (χ2n) is 11.6. The van der Waals surface area contributed by atoms with Gasteiger partial charge < -0.3 is 0 Å². The number of rotatable bonds is 4. The standard InChI is InChI=1S/C41H27N3/c1-3-13-27(14-4-1)25-38-42-39(28-15-5-2-6-16-28)44-40(43-38)29-23-24-33-32-19-9-12-22-36(32)41(37(33)26-29)34-20-10-7-17-30(34)31-18-8-11-21-35(31)41/h1-24,26H,25H2. The lowest BCUT2D eigenvalue weighted by Crippen LogP contribution is -2.25. The van der Waals surface area contributed by atoms with E-state index in [1.165, 1.54) is 50.1 Å². The zero-order valence-electron chi connectivity index (χ0n) is 24.0. The maximum Gasteiger partial charge on any atom is 0.163 e. The Kier molecular flexibility index (Phi) is 5.48. The van der Waals surface area contributed by atoms with E-state index >= 15 is 0 Å². The monoisotopic (exact) mass is 561 g/mol. The lowest BCUT2D eigenvalue weighted by Gasteiger charge is -2.30. The summed E-state index contributed by atoms with van der Waals surface area (Å²) >= 11 is 0. The van der Waals surface area contributed by atoms with Crippen molar-refractivity contribution in [1.29, 1.82) is 0 Å². The summed E-state index contributed by atoms with van der Waals surface area (Å²) in [7, 11) is 0. The molecule has 0 radical (unpaired) electrons. The van der Waals surface area contributed by atoms with E-state index in [2.05, 4.69) is 127 Å². The van der Waals surface area contributed by atoms with Gasteiger partial charge in [-0.25, -0.2) is 15.0 Å². The van der Waals surface area contributed by atoms with Crippen LogP contribution in [0.3, 0.4) is 0 Å². The number of hydrogen-bond acceptors (Lipinski definition) is 3. The molecule has 1 heterocycles. The largest absolute Gasteiger partial charge is 0.213 e. The second kappa shape index (κ2) is 9.68. The van der Waals surface area contributed by atoms with Gasteiger partial charge >= 0.3 is 0 Å². The highest BCUT2D eigenvalue weighted by molar-refractivity contribution is 5.95. The molecule has 6 aromatic carbocycles. The number of nitrogens with zero attached hydrogens (tertiary/aromatic N) is 3. The van der Waals surface area contributed by atoms with E-state index in [0.29, 0.717) is 18.1 Å². The Morgan fingerprint density at radius 2 is 0.864 bits per heavy atom. The van der Waals surface area contributed by atoms with Gasteiger partial charge in [0, 0.05) is 17.5 Å². The van der Waals surface area contributed by atoms with Crippen molar-refractivity contribution in [3.8, 4) is 45.0 Å². The highest BCUT2D eigenvalue weighted by Gasteiger charge is 2.51. The van der Waals surface area contributed by atoms with Crippen LogP contribution in [0, 0.1) is 0 Å². The molecular formula is C41H27N3. The van der Waals surface area contributed by atoms with Crippen molar-refractivity contribution in [2.45, 2.75) is 11.8 Å². The number of fused-ring (bicyclic) bond motifs is 10. The van der Waals surface area contributed by atoms with E-state index in [0.717, 1.165) is 17.0 Å². The average molecular weight is 562 g/mol. The third-order valence-electron chi connectivity index (χ3n) is 9.17.